The average molecular weight is 359 g/mol. The lowest BCUT2D eigenvalue weighted by atomic mass is 10.0. The zero-order chi connectivity index (χ0) is 18.5. The van der Waals surface area contributed by atoms with Gasteiger partial charge >= 0.3 is 6.03 Å². The lowest BCUT2D eigenvalue weighted by Crippen LogP contribution is -2.45. The number of nitrogens with zero attached hydrogens (tertiary/aromatic N) is 2. The van der Waals surface area contributed by atoms with Crippen LogP contribution >= 0.6 is 0 Å². The standard InChI is InChI=1S/C20H29N3O3/c1-15(2)21-20(25)23-9-4-8-22(10-11-23)19(24)14-16-6-7-18-17(13-16)5-3-12-26-18/h6-7,13,15H,3-5,8-12,14H2,1-2H3,(H,21,25). The van der Waals surface area contributed by atoms with Crippen LogP contribution in [0, 0.1) is 0 Å². The number of nitrogens with one attached hydrogen (secondary N) is 1. The van der Waals surface area contributed by atoms with Gasteiger partial charge in [-0.25, -0.2) is 4.79 Å². The predicted molar refractivity (Wildman–Crippen MR) is 100 cm³/mol. The molecule has 142 valence electrons. The first-order valence-electron chi connectivity index (χ1n) is 9.61. The van der Waals surface area contributed by atoms with Gasteiger partial charge < -0.3 is 19.9 Å². The fraction of sp³-hybridized carbons (Fsp3) is 0.600. The SMILES string of the molecule is CC(C)NC(=O)N1CCCN(C(=O)Cc2ccc3c(c2)CCCO3)CC1. The summed E-state index contributed by atoms with van der Waals surface area (Å²) < 4.78 is 5.64. The highest BCUT2D eigenvalue weighted by atomic mass is 16.5. The molecule has 3 amide bonds. The second-order valence-electron chi connectivity index (χ2n) is 7.40. The van der Waals surface area contributed by atoms with Crippen LogP contribution in [0.25, 0.3) is 0 Å². The van der Waals surface area contributed by atoms with Gasteiger partial charge in [-0.2, -0.15) is 0 Å². The molecule has 6 heteroatoms. The Hall–Kier alpha value is -2.24. The van der Waals surface area contributed by atoms with Crippen LogP contribution < -0.4 is 10.1 Å². The summed E-state index contributed by atoms with van der Waals surface area (Å²) in [7, 11) is 0. The third-order valence-corrected chi connectivity index (χ3v) is 4.88. The Morgan fingerprint density at radius 1 is 1.12 bits per heavy atom. The smallest absolute Gasteiger partial charge is 0.317 e. The van der Waals surface area contributed by atoms with E-state index in [0.29, 0.717) is 32.6 Å². The minimum Gasteiger partial charge on any atom is -0.493 e. The predicted octanol–water partition coefficient (Wildman–Crippen LogP) is 2.21. The van der Waals surface area contributed by atoms with E-state index in [1.807, 2.05) is 35.8 Å². The third-order valence-electron chi connectivity index (χ3n) is 4.88. The van der Waals surface area contributed by atoms with Crippen molar-refractivity contribution in [2.24, 2.45) is 0 Å². The highest BCUT2D eigenvalue weighted by Gasteiger charge is 2.22. The molecule has 0 aromatic heterocycles. The first-order chi connectivity index (χ1) is 12.5. The van der Waals surface area contributed by atoms with Crippen molar-refractivity contribution in [3.63, 3.8) is 0 Å². The molecule has 0 spiro atoms. The van der Waals surface area contributed by atoms with Crippen LogP contribution in [0.5, 0.6) is 5.75 Å². The number of rotatable bonds is 3. The molecule has 1 N–H and O–H groups in total. The fourth-order valence-electron chi connectivity index (χ4n) is 3.52. The van der Waals surface area contributed by atoms with Gasteiger partial charge in [-0.05, 0) is 50.3 Å². The Kier molecular flexibility index (Phi) is 6.01. The van der Waals surface area contributed by atoms with Crippen LogP contribution in [0.3, 0.4) is 0 Å². The number of carbonyl (C=O) groups is 2. The summed E-state index contributed by atoms with van der Waals surface area (Å²) in [6.07, 6.45) is 3.27. The molecule has 2 aliphatic rings. The Balaban J connectivity index is 1.56. The number of amides is 3. The minimum absolute atomic E-state index is 0.0380. The topological polar surface area (TPSA) is 61.9 Å². The van der Waals surface area contributed by atoms with E-state index >= 15 is 0 Å². The minimum atomic E-state index is -0.0380. The molecule has 26 heavy (non-hydrogen) atoms. The van der Waals surface area contributed by atoms with Crippen LogP contribution in [-0.4, -0.2) is 60.6 Å². The summed E-state index contributed by atoms with van der Waals surface area (Å²) in [5, 5.41) is 2.92. The van der Waals surface area contributed by atoms with Gasteiger partial charge in [0.2, 0.25) is 5.91 Å². The van der Waals surface area contributed by atoms with Gasteiger partial charge in [-0.3, -0.25) is 4.79 Å². The van der Waals surface area contributed by atoms with E-state index in [0.717, 1.165) is 37.2 Å². The number of benzene rings is 1. The number of carbonyl (C=O) groups excluding carboxylic acids is 2. The molecular formula is C20H29N3O3. The molecule has 2 heterocycles. The van der Waals surface area contributed by atoms with Gasteiger partial charge in [-0.15, -0.1) is 0 Å². The maximum atomic E-state index is 12.7. The molecule has 0 atom stereocenters. The van der Waals surface area contributed by atoms with Crippen molar-refractivity contribution in [3.05, 3.63) is 29.3 Å². The van der Waals surface area contributed by atoms with Crippen molar-refractivity contribution in [1.29, 1.82) is 0 Å². The monoisotopic (exact) mass is 359 g/mol. The van der Waals surface area contributed by atoms with Crippen LogP contribution in [-0.2, 0) is 17.6 Å². The zero-order valence-corrected chi connectivity index (χ0v) is 15.8. The molecule has 0 saturated carbocycles. The van der Waals surface area contributed by atoms with Gasteiger partial charge in [0.25, 0.3) is 0 Å². The van der Waals surface area contributed by atoms with Gasteiger partial charge in [0, 0.05) is 32.2 Å². The molecule has 0 radical (unpaired) electrons. The molecule has 2 aliphatic heterocycles. The Morgan fingerprint density at radius 2 is 1.88 bits per heavy atom. The van der Waals surface area contributed by atoms with Crippen molar-refractivity contribution in [3.8, 4) is 5.75 Å². The molecule has 0 aliphatic carbocycles. The number of hydrogen-bond acceptors (Lipinski definition) is 3. The lowest BCUT2D eigenvalue weighted by molar-refractivity contribution is -0.130. The molecule has 3 rings (SSSR count). The van der Waals surface area contributed by atoms with Gasteiger partial charge in [0.1, 0.15) is 5.75 Å². The molecule has 1 saturated heterocycles. The summed E-state index contributed by atoms with van der Waals surface area (Å²) in [5.74, 6) is 1.09. The molecule has 0 bridgehead atoms. The quantitative estimate of drug-likeness (QED) is 0.900. The second-order valence-corrected chi connectivity index (χ2v) is 7.40. The molecule has 0 unspecified atom stereocenters. The highest BCUT2D eigenvalue weighted by molar-refractivity contribution is 5.79. The first kappa shape index (κ1) is 18.5. The van der Waals surface area contributed by atoms with E-state index in [2.05, 4.69) is 11.4 Å². The zero-order valence-electron chi connectivity index (χ0n) is 15.8. The van der Waals surface area contributed by atoms with E-state index in [-0.39, 0.29) is 18.0 Å². The second kappa shape index (κ2) is 8.43. The number of ether oxygens (including phenoxy) is 1. The average Bonchev–Trinajstić information content (AvgIpc) is 2.87. The van der Waals surface area contributed by atoms with Gasteiger partial charge in [0.05, 0.1) is 13.0 Å². The summed E-state index contributed by atoms with van der Waals surface area (Å²) >= 11 is 0. The van der Waals surface area contributed by atoms with Crippen molar-refractivity contribution < 1.29 is 14.3 Å². The Labute approximate surface area is 155 Å². The fourth-order valence-corrected chi connectivity index (χ4v) is 3.52. The van der Waals surface area contributed by atoms with E-state index < -0.39 is 0 Å². The van der Waals surface area contributed by atoms with Gasteiger partial charge in [0.15, 0.2) is 0 Å². The van der Waals surface area contributed by atoms with Crippen molar-refractivity contribution >= 4 is 11.9 Å². The van der Waals surface area contributed by atoms with Crippen molar-refractivity contribution in [1.82, 2.24) is 15.1 Å². The van der Waals surface area contributed by atoms with E-state index in [1.165, 1.54) is 5.56 Å². The van der Waals surface area contributed by atoms with Crippen LogP contribution in [0.1, 0.15) is 37.8 Å². The summed E-state index contributed by atoms with van der Waals surface area (Å²) in [4.78, 5) is 28.6. The van der Waals surface area contributed by atoms with Crippen molar-refractivity contribution in [2.45, 2.75) is 45.6 Å². The normalized spacial score (nSPS) is 17.3. The van der Waals surface area contributed by atoms with Crippen molar-refractivity contribution in [2.75, 3.05) is 32.8 Å². The number of hydrogen-bond donors (Lipinski definition) is 1. The number of fused-ring (bicyclic) bond motifs is 1. The van der Waals surface area contributed by atoms with Crippen LogP contribution in [0.2, 0.25) is 0 Å². The van der Waals surface area contributed by atoms with Crippen LogP contribution in [0.15, 0.2) is 18.2 Å². The van der Waals surface area contributed by atoms with E-state index in [9.17, 15) is 9.59 Å². The molecular weight excluding hydrogens is 330 g/mol. The molecule has 1 aromatic rings. The van der Waals surface area contributed by atoms with E-state index in [4.69, 9.17) is 4.74 Å². The molecule has 1 fully saturated rings. The number of urea groups is 1. The van der Waals surface area contributed by atoms with E-state index in [1.54, 1.807) is 0 Å². The van der Waals surface area contributed by atoms with Crippen LogP contribution in [0.4, 0.5) is 4.79 Å². The third kappa shape index (κ3) is 4.68. The molecule has 6 nitrogen and oxygen atoms in total. The summed E-state index contributed by atoms with van der Waals surface area (Å²) in [6, 6.07) is 6.16. The summed E-state index contributed by atoms with van der Waals surface area (Å²) in [5.41, 5.74) is 2.24. The first-order valence-corrected chi connectivity index (χ1v) is 9.61. The Bertz CT molecular complexity index is 660. The summed E-state index contributed by atoms with van der Waals surface area (Å²) in [6.45, 7) is 7.27. The molecule has 1 aromatic carbocycles. The maximum Gasteiger partial charge on any atom is 0.317 e. The maximum absolute atomic E-state index is 12.7. The number of aryl methyl sites for hydroxylation is 1. The largest absolute Gasteiger partial charge is 0.493 e. The van der Waals surface area contributed by atoms with Gasteiger partial charge in [-0.1, -0.05) is 12.1 Å². The Morgan fingerprint density at radius 3 is 2.69 bits per heavy atom. The lowest BCUT2D eigenvalue weighted by Gasteiger charge is -2.23. The highest BCUT2D eigenvalue weighted by Crippen LogP contribution is 2.26.